The molecule has 1 aliphatic heterocycles. The summed E-state index contributed by atoms with van der Waals surface area (Å²) < 4.78 is 7.18. The Morgan fingerprint density at radius 1 is 1.22 bits per heavy atom. The molecule has 0 spiro atoms. The minimum atomic E-state index is -0.172. The highest BCUT2D eigenvalue weighted by atomic mass is 16.5. The first kappa shape index (κ1) is 17.1. The van der Waals surface area contributed by atoms with Gasteiger partial charge in [0.1, 0.15) is 0 Å². The Bertz CT molecular complexity index is 1090. The Morgan fingerprint density at radius 3 is 2.81 bits per heavy atom. The van der Waals surface area contributed by atoms with Gasteiger partial charge in [-0.2, -0.15) is 5.10 Å². The van der Waals surface area contributed by atoms with Crippen LogP contribution in [0.3, 0.4) is 0 Å². The number of aromatic nitrogens is 3. The fourth-order valence-corrected chi connectivity index (χ4v) is 3.47. The number of urea groups is 1. The number of carbonyl (C=O) groups is 1. The van der Waals surface area contributed by atoms with Crippen molar-refractivity contribution in [2.45, 2.75) is 26.9 Å². The predicted octanol–water partition coefficient (Wildman–Crippen LogP) is 2.40. The second-order valence-electron chi connectivity index (χ2n) is 6.76. The van der Waals surface area contributed by atoms with E-state index in [-0.39, 0.29) is 11.6 Å². The number of pyridine rings is 1. The van der Waals surface area contributed by atoms with Crippen molar-refractivity contribution in [1.82, 2.24) is 19.7 Å². The van der Waals surface area contributed by atoms with E-state index >= 15 is 0 Å². The quantitative estimate of drug-likeness (QED) is 0.727. The molecule has 140 valence electrons. The van der Waals surface area contributed by atoms with Gasteiger partial charge in [-0.15, -0.1) is 0 Å². The number of H-pyrrole nitrogens is 1. The van der Waals surface area contributed by atoms with Crippen molar-refractivity contribution >= 4 is 22.6 Å². The SMILES string of the molecule is COc1cnn2c1CN(C(=O)Nc1cc3c(C)cc(=O)[nH]c3cc1C)CC2. The Morgan fingerprint density at radius 2 is 2.04 bits per heavy atom. The Labute approximate surface area is 155 Å². The molecule has 2 amide bonds. The van der Waals surface area contributed by atoms with Gasteiger partial charge in [-0.05, 0) is 37.1 Å². The molecule has 1 aliphatic rings. The summed E-state index contributed by atoms with van der Waals surface area (Å²) in [5.74, 6) is 0.689. The van der Waals surface area contributed by atoms with Crippen molar-refractivity contribution in [1.29, 1.82) is 0 Å². The third-order valence-corrected chi connectivity index (χ3v) is 4.98. The van der Waals surface area contributed by atoms with Crippen molar-refractivity contribution in [3.63, 3.8) is 0 Å². The van der Waals surface area contributed by atoms with Gasteiger partial charge < -0.3 is 19.9 Å². The Kier molecular flexibility index (Phi) is 4.10. The molecule has 0 saturated heterocycles. The van der Waals surface area contributed by atoms with Crippen LogP contribution in [0.4, 0.5) is 10.5 Å². The molecule has 0 unspecified atom stereocenters. The van der Waals surface area contributed by atoms with Crippen LogP contribution in [0.15, 0.2) is 29.2 Å². The molecule has 3 aromatic rings. The van der Waals surface area contributed by atoms with Gasteiger partial charge in [-0.3, -0.25) is 9.48 Å². The van der Waals surface area contributed by atoms with Crippen LogP contribution in [-0.2, 0) is 13.1 Å². The van der Waals surface area contributed by atoms with E-state index in [4.69, 9.17) is 4.74 Å². The van der Waals surface area contributed by atoms with Gasteiger partial charge in [0.15, 0.2) is 5.75 Å². The summed E-state index contributed by atoms with van der Waals surface area (Å²) in [4.78, 5) is 29.1. The zero-order chi connectivity index (χ0) is 19.1. The van der Waals surface area contributed by atoms with Gasteiger partial charge >= 0.3 is 6.03 Å². The van der Waals surface area contributed by atoms with Gasteiger partial charge in [0, 0.05) is 29.2 Å². The number of hydrogen-bond acceptors (Lipinski definition) is 4. The number of aryl methyl sites for hydroxylation is 2. The molecule has 0 fully saturated rings. The molecule has 4 rings (SSSR count). The van der Waals surface area contributed by atoms with Crippen LogP contribution in [0.5, 0.6) is 5.75 Å². The van der Waals surface area contributed by atoms with Gasteiger partial charge in [0.05, 0.1) is 32.1 Å². The van der Waals surface area contributed by atoms with Crippen LogP contribution >= 0.6 is 0 Å². The molecule has 0 aliphatic carbocycles. The maximum atomic E-state index is 12.8. The standard InChI is InChI=1S/C19H21N5O3/c1-11-7-18(25)21-15-6-12(2)14(8-13(11)15)22-19(26)23-4-5-24-16(10-23)17(27-3)9-20-24/h6-9H,4-5,10H2,1-3H3,(H,21,25)(H,22,26). The van der Waals surface area contributed by atoms with Gasteiger partial charge in [0.25, 0.3) is 0 Å². The number of nitrogens with one attached hydrogen (secondary N) is 2. The van der Waals surface area contributed by atoms with E-state index in [0.29, 0.717) is 25.4 Å². The van der Waals surface area contributed by atoms with Crippen LogP contribution < -0.4 is 15.6 Å². The van der Waals surface area contributed by atoms with Gasteiger partial charge in [-0.1, -0.05) is 0 Å². The predicted molar refractivity (Wildman–Crippen MR) is 102 cm³/mol. The number of hydrogen-bond donors (Lipinski definition) is 2. The van der Waals surface area contributed by atoms with Crippen LogP contribution in [0, 0.1) is 13.8 Å². The molecule has 0 radical (unpaired) electrons. The maximum absolute atomic E-state index is 12.8. The van der Waals surface area contributed by atoms with Crippen molar-refractivity contribution < 1.29 is 9.53 Å². The van der Waals surface area contributed by atoms with E-state index in [0.717, 1.165) is 33.4 Å². The summed E-state index contributed by atoms with van der Waals surface area (Å²) >= 11 is 0. The molecule has 1 aromatic carbocycles. The van der Waals surface area contributed by atoms with Crippen molar-refractivity contribution in [2.75, 3.05) is 19.0 Å². The van der Waals surface area contributed by atoms with E-state index in [1.165, 1.54) is 0 Å². The van der Waals surface area contributed by atoms with Crippen LogP contribution in [-0.4, -0.2) is 39.4 Å². The molecular formula is C19H21N5O3. The highest BCUT2D eigenvalue weighted by molar-refractivity contribution is 5.94. The number of rotatable bonds is 2. The number of anilines is 1. The molecule has 3 heterocycles. The number of ether oxygens (including phenoxy) is 1. The smallest absolute Gasteiger partial charge is 0.322 e. The molecule has 8 heteroatoms. The van der Waals surface area contributed by atoms with Crippen molar-refractivity contribution in [2.24, 2.45) is 0 Å². The molecule has 8 nitrogen and oxygen atoms in total. The molecule has 27 heavy (non-hydrogen) atoms. The lowest BCUT2D eigenvalue weighted by Gasteiger charge is -2.28. The minimum absolute atomic E-state index is 0.130. The lowest BCUT2D eigenvalue weighted by Crippen LogP contribution is -2.41. The molecule has 0 atom stereocenters. The van der Waals surface area contributed by atoms with E-state index in [2.05, 4.69) is 15.4 Å². The number of benzene rings is 1. The molecule has 2 N–H and O–H groups in total. The summed E-state index contributed by atoms with van der Waals surface area (Å²) in [6, 6.07) is 5.17. The summed E-state index contributed by atoms with van der Waals surface area (Å²) in [7, 11) is 1.60. The topological polar surface area (TPSA) is 92.2 Å². The summed E-state index contributed by atoms with van der Waals surface area (Å²) in [6.45, 7) is 5.43. The number of methoxy groups -OCH3 is 1. The fraction of sp³-hybridized carbons (Fsp3) is 0.316. The largest absolute Gasteiger partial charge is 0.493 e. The van der Waals surface area contributed by atoms with Gasteiger partial charge in [0.2, 0.25) is 5.56 Å². The minimum Gasteiger partial charge on any atom is -0.493 e. The fourth-order valence-electron chi connectivity index (χ4n) is 3.47. The van der Waals surface area contributed by atoms with Crippen LogP contribution in [0.2, 0.25) is 0 Å². The van der Waals surface area contributed by atoms with Crippen molar-refractivity contribution in [3.8, 4) is 5.75 Å². The van der Waals surface area contributed by atoms with Gasteiger partial charge in [-0.25, -0.2) is 4.79 Å². The van der Waals surface area contributed by atoms with Crippen LogP contribution in [0.1, 0.15) is 16.8 Å². The molecule has 0 bridgehead atoms. The lowest BCUT2D eigenvalue weighted by atomic mass is 10.1. The highest BCUT2D eigenvalue weighted by Gasteiger charge is 2.24. The number of nitrogens with zero attached hydrogens (tertiary/aromatic N) is 3. The highest BCUT2D eigenvalue weighted by Crippen LogP contribution is 2.26. The van der Waals surface area contributed by atoms with E-state index in [9.17, 15) is 9.59 Å². The first-order chi connectivity index (χ1) is 13.0. The maximum Gasteiger partial charge on any atom is 0.322 e. The zero-order valence-corrected chi connectivity index (χ0v) is 15.5. The molecule has 2 aromatic heterocycles. The molecular weight excluding hydrogens is 346 g/mol. The number of aromatic amines is 1. The Hall–Kier alpha value is -3.29. The summed E-state index contributed by atoms with van der Waals surface area (Å²) in [5.41, 5.74) is 4.01. The van der Waals surface area contributed by atoms with Crippen molar-refractivity contribution in [3.05, 3.63) is 51.6 Å². The van der Waals surface area contributed by atoms with E-state index in [1.54, 1.807) is 24.3 Å². The number of fused-ring (bicyclic) bond motifs is 2. The Balaban J connectivity index is 1.60. The lowest BCUT2D eigenvalue weighted by molar-refractivity contribution is 0.193. The third-order valence-electron chi connectivity index (χ3n) is 4.98. The zero-order valence-electron chi connectivity index (χ0n) is 15.5. The average Bonchev–Trinajstić information content (AvgIpc) is 3.05. The first-order valence-corrected chi connectivity index (χ1v) is 8.75. The number of amides is 2. The van der Waals surface area contributed by atoms with Crippen LogP contribution in [0.25, 0.3) is 10.9 Å². The van der Waals surface area contributed by atoms with E-state index in [1.807, 2.05) is 30.7 Å². The third kappa shape index (κ3) is 3.03. The second-order valence-corrected chi connectivity index (χ2v) is 6.76. The van der Waals surface area contributed by atoms with E-state index < -0.39 is 0 Å². The molecule has 0 saturated carbocycles. The number of carbonyl (C=O) groups excluding carboxylic acids is 1. The second kappa shape index (κ2) is 6.46. The summed E-state index contributed by atoms with van der Waals surface area (Å²) in [5, 5.41) is 8.18. The summed E-state index contributed by atoms with van der Waals surface area (Å²) in [6.07, 6.45) is 1.67. The first-order valence-electron chi connectivity index (χ1n) is 8.75. The monoisotopic (exact) mass is 367 g/mol. The normalized spacial score (nSPS) is 13.5. The average molecular weight is 367 g/mol.